The van der Waals surface area contributed by atoms with Crippen molar-refractivity contribution in [3.05, 3.63) is 100 Å². The molecule has 2 heterocycles. The normalized spacial score (nSPS) is 12.8. The molecule has 0 unspecified atom stereocenters. The number of nitrogens with zero attached hydrogens (tertiary/aromatic N) is 3. The zero-order chi connectivity index (χ0) is 28.4. The topological polar surface area (TPSA) is 85.8 Å². The molecule has 1 atom stereocenters. The van der Waals surface area contributed by atoms with Gasteiger partial charge in [-0.2, -0.15) is 26.3 Å². The maximum absolute atomic E-state index is 13.6. The molecule has 4 rings (SSSR count). The van der Waals surface area contributed by atoms with Crippen LogP contribution < -0.4 is 16.6 Å². The van der Waals surface area contributed by atoms with E-state index in [-0.39, 0.29) is 35.9 Å². The van der Waals surface area contributed by atoms with Crippen LogP contribution in [0.4, 0.5) is 32.3 Å². The average Bonchev–Trinajstić information content (AvgIpc) is 2.89. The summed E-state index contributed by atoms with van der Waals surface area (Å²) in [5.74, 6) is 0.0436. The number of anilines is 1. The lowest BCUT2D eigenvalue weighted by atomic mass is 9.96. The van der Waals surface area contributed by atoms with Crippen LogP contribution in [0.25, 0.3) is 22.4 Å². The number of pyridine rings is 1. The van der Waals surface area contributed by atoms with Gasteiger partial charge in [0.15, 0.2) is 0 Å². The fourth-order valence-corrected chi connectivity index (χ4v) is 4.05. The van der Waals surface area contributed by atoms with Gasteiger partial charge in [-0.25, -0.2) is 4.98 Å². The number of hydrogen-bond donors (Lipinski definition) is 2. The fraction of sp³-hybridized carbons (Fsp3) is 0.222. The number of nitrogens with one attached hydrogen (secondary N) is 1. The van der Waals surface area contributed by atoms with Crippen molar-refractivity contribution in [2.75, 3.05) is 11.9 Å². The Morgan fingerprint density at radius 2 is 1.49 bits per heavy atom. The van der Waals surface area contributed by atoms with Crippen LogP contribution in [0.2, 0.25) is 0 Å². The van der Waals surface area contributed by atoms with Crippen molar-refractivity contribution in [2.24, 2.45) is 12.8 Å². The lowest BCUT2D eigenvalue weighted by Crippen LogP contribution is -2.34. The Hall–Kier alpha value is -4.19. The molecule has 4 aromatic rings. The molecule has 0 fully saturated rings. The number of hydrogen-bond acceptors (Lipinski definition) is 5. The summed E-state index contributed by atoms with van der Waals surface area (Å²) in [7, 11) is 1.32. The highest BCUT2D eigenvalue weighted by Crippen LogP contribution is 2.39. The predicted octanol–water partition coefficient (Wildman–Crippen LogP) is 5.53. The molecule has 0 aliphatic rings. The second-order valence-electron chi connectivity index (χ2n) is 8.88. The summed E-state index contributed by atoms with van der Waals surface area (Å²) in [6.45, 7) is 0.187. The van der Waals surface area contributed by atoms with Gasteiger partial charge in [0.25, 0.3) is 5.56 Å². The van der Waals surface area contributed by atoms with E-state index in [0.717, 1.165) is 10.1 Å². The lowest BCUT2D eigenvalue weighted by molar-refractivity contribution is -0.143. The molecule has 2 aromatic carbocycles. The Kier molecular flexibility index (Phi) is 7.77. The highest BCUT2D eigenvalue weighted by atomic mass is 19.4. The maximum Gasteiger partial charge on any atom is 0.416 e. The van der Waals surface area contributed by atoms with Crippen LogP contribution in [0.5, 0.6) is 0 Å². The van der Waals surface area contributed by atoms with Crippen LogP contribution in [-0.4, -0.2) is 27.1 Å². The van der Waals surface area contributed by atoms with Gasteiger partial charge in [0.05, 0.1) is 22.4 Å². The molecular weight excluding hydrogens is 524 g/mol. The smallest absolute Gasteiger partial charge is 0.354 e. The first-order chi connectivity index (χ1) is 18.3. The molecule has 0 aliphatic heterocycles. The molecule has 0 saturated heterocycles. The van der Waals surface area contributed by atoms with Crippen molar-refractivity contribution in [1.82, 2.24) is 14.5 Å². The van der Waals surface area contributed by atoms with Gasteiger partial charge in [-0.15, -0.1) is 0 Å². The quantitative estimate of drug-likeness (QED) is 0.297. The Morgan fingerprint density at radius 3 is 2.05 bits per heavy atom. The lowest BCUT2D eigenvalue weighted by Gasteiger charge is -2.19. The largest absolute Gasteiger partial charge is 0.416 e. The summed E-state index contributed by atoms with van der Waals surface area (Å²) in [4.78, 5) is 21.9. The van der Waals surface area contributed by atoms with Crippen LogP contribution >= 0.6 is 0 Å². The third kappa shape index (κ3) is 6.45. The average molecular weight is 548 g/mol. The third-order valence-corrected chi connectivity index (χ3v) is 5.98. The van der Waals surface area contributed by atoms with Crippen LogP contribution in [-0.2, 0) is 25.8 Å². The molecule has 3 N–H and O–H groups in total. The number of nitrogens with two attached hydrogens (primary N) is 1. The van der Waals surface area contributed by atoms with Gasteiger partial charge in [-0.1, -0.05) is 30.3 Å². The summed E-state index contributed by atoms with van der Waals surface area (Å²) in [5.41, 5.74) is 2.49. The summed E-state index contributed by atoms with van der Waals surface area (Å²) in [6.07, 6.45) is -6.91. The Bertz CT molecular complexity index is 1470. The Balaban J connectivity index is 1.83. The summed E-state index contributed by atoms with van der Waals surface area (Å²) >= 11 is 0. The first-order valence-electron chi connectivity index (χ1n) is 11.7. The van der Waals surface area contributed by atoms with Crippen molar-refractivity contribution in [2.45, 2.75) is 24.8 Å². The molecule has 0 amide bonds. The van der Waals surface area contributed by atoms with Crippen LogP contribution in [0.15, 0.2) is 77.9 Å². The van der Waals surface area contributed by atoms with E-state index >= 15 is 0 Å². The second kappa shape index (κ2) is 10.9. The van der Waals surface area contributed by atoms with Crippen molar-refractivity contribution >= 4 is 5.95 Å². The predicted molar refractivity (Wildman–Crippen MR) is 135 cm³/mol. The van der Waals surface area contributed by atoms with E-state index in [1.165, 1.54) is 31.6 Å². The first kappa shape index (κ1) is 27.8. The fourth-order valence-electron chi connectivity index (χ4n) is 4.05. The molecule has 39 heavy (non-hydrogen) atoms. The summed E-state index contributed by atoms with van der Waals surface area (Å²) in [5, 5.41) is 2.99. The highest BCUT2D eigenvalue weighted by Gasteiger charge is 2.37. The minimum absolute atomic E-state index is 0.0115. The van der Waals surface area contributed by atoms with E-state index in [1.807, 2.05) is 30.3 Å². The number of alkyl halides is 6. The highest BCUT2D eigenvalue weighted by molar-refractivity contribution is 5.81. The van der Waals surface area contributed by atoms with Crippen molar-refractivity contribution in [3.8, 4) is 22.4 Å². The molecule has 0 spiro atoms. The van der Waals surface area contributed by atoms with Gasteiger partial charge in [-0.3, -0.25) is 14.3 Å². The molecule has 204 valence electrons. The second-order valence-corrected chi connectivity index (χ2v) is 8.88. The van der Waals surface area contributed by atoms with Crippen LogP contribution in [0.1, 0.15) is 16.7 Å². The monoisotopic (exact) mass is 547 g/mol. The number of rotatable bonds is 7. The van der Waals surface area contributed by atoms with Crippen molar-refractivity contribution in [1.29, 1.82) is 0 Å². The number of aromatic nitrogens is 3. The molecule has 12 heteroatoms. The molecule has 0 aliphatic carbocycles. The van der Waals surface area contributed by atoms with E-state index in [9.17, 15) is 31.1 Å². The van der Waals surface area contributed by atoms with Crippen LogP contribution in [0.3, 0.4) is 0 Å². The minimum Gasteiger partial charge on any atom is -0.354 e. The van der Waals surface area contributed by atoms with Gasteiger partial charge in [0.1, 0.15) is 0 Å². The van der Waals surface area contributed by atoms with Crippen molar-refractivity contribution < 1.29 is 26.3 Å². The number of benzene rings is 2. The zero-order valence-corrected chi connectivity index (χ0v) is 20.5. The van der Waals surface area contributed by atoms with Gasteiger partial charge in [-0.05, 0) is 47.9 Å². The number of halogens is 6. The molecule has 2 aromatic heterocycles. The minimum atomic E-state index is -5.08. The van der Waals surface area contributed by atoms with Gasteiger partial charge in [0, 0.05) is 37.6 Å². The molecular formula is C27H23F6N5O. The maximum atomic E-state index is 13.6. The standard InChI is InChI=1S/C27H23F6N5O/c1-38-24(39)22(18-12-19(26(28,29)30)14-20(13-18)27(31,32)33)23(17-7-9-35-10-8-17)37-25(38)36-15-21(34)11-16-5-3-2-4-6-16/h2-10,12-14,21H,11,15,34H2,1H3,(H,36,37)/t21-/m0/s1. The first-order valence-corrected chi connectivity index (χ1v) is 11.7. The summed E-state index contributed by atoms with van der Waals surface area (Å²) in [6, 6.07) is 13.0. The van der Waals surface area contributed by atoms with E-state index in [4.69, 9.17) is 5.73 Å². The van der Waals surface area contributed by atoms with E-state index in [2.05, 4.69) is 15.3 Å². The van der Waals surface area contributed by atoms with Gasteiger partial charge >= 0.3 is 12.4 Å². The molecule has 0 radical (unpaired) electrons. The van der Waals surface area contributed by atoms with E-state index in [1.54, 1.807) is 0 Å². The SMILES string of the molecule is Cn1c(NC[C@@H](N)Cc2ccccc2)nc(-c2ccncc2)c(-c2cc(C(F)(F)F)cc(C(F)(F)F)c2)c1=O. The van der Waals surface area contributed by atoms with Crippen molar-refractivity contribution in [3.63, 3.8) is 0 Å². The van der Waals surface area contributed by atoms with E-state index in [0.29, 0.717) is 18.6 Å². The van der Waals surface area contributed by atoms with Gasteiger partial charge in [0.2, 0.25) is 5.95 Å². The molecule has 0 saturated carbocycles. The van der Waals surface area contributed by atoms with E-state index < -0.39 is 40.2 Å². The molecule has 6 nitrogen and oxygen atoms in total. The molecule has 0 bridgehead atoms. The van der Waals surface area contributed by atoms with Crippen LogP contribution in [0, 0.1) is 0 Å². The Morgan fingerprint density at radius 1 is 0.897 bits per heavy atom. The zero-order valence-electron chi connectivity index (χ0n) is 20.5. The summed E-state index contributed by atoms with van der Waals surface area (Å²) < 4.78 is 82.4. The Labute approximate surface area is 219 Å². The van der Waals surface area contributed by atoms with Gasteiger partial charge < -0.3 is 11.1 Å². The third-order valence-electron chi connectivity index (χ3n) is 5.98.